The number of nitrogens with zero attached hydrogens (tertiary/aromatic N) is 4. The molecule has 2 aliphatic rings. The van der Waals surface area contributed by atoms with Gasteiger partial charge in [0.15, 0.2) is 0 Å². The zero-order chi connectivity index (χ0) is 48.5. The van der Waals surface area contributed by atoms with Crippen molar-refractivity contribution >= 4 is 101 Å². The molecule has 1 heterocycles. The predicted molar refractivity (Wildman–Crippen MR) is 308 cm³/mol. The van der Waals surface area contributed by atoms with Gasteiger partial charge in [0.05, 0.1) is 23.1 Å². The van der Waals surface area contributed by atoms with E-state index in [2.05, 4.69) is 293 Å². The molecule has 13 rings (SSSR count). The Hall–Kier alpha value is -9.32. The van der Waals surface area contributed by atoms with E-state index < -0.39 is 0 Å². The third kappa shape index (κ3) is 8.11. The zero-order valence-electron chi connectivity index (χ0n) is 40.4. The van der Waals surface area contributed by atoms with Gasteiger partial charge < -0.3 is 24.0 Å². The molecule has 1 atom stereocenters. The van der Waals surface area contributed by atoms with Crippen molar-refractivity contribution in [2.24, 2.45) is 0 Å². The average molecular weight is 941 g/mol. The molecule has 350 valence electrons. The van der Waals surface area contributed by atoms with E-state index >= 15 is 0 Å². The summed E-state index contributed by atoms with van der Waals surface area (Å²) < 4.78 is 6.70. The van der Waals surface area contributed by atoms with Crippen molar-refractivity contribution in [2.75, 3.05) is 19.6 Å². The Kier molecular flexibility index (Phi) is 11.4. The van der Waals surface area contributed by atoms with Gasteiger partial charge in [0, 0.05) is 72.6 Å². The van der Waals surface area contributed by atoms with Gasteiger partial charge in [0.25, 0.3) is 0 Å². The Bertz CT molecular complexity index is 3810. The van der Waals surface area contributed by atoms with Gasteiger partial charge in [-0.3, -0.25) is 0 Å². The summed E-state index contributed by atoms with van der Waals surface area (Å²) in [7, 11) is 0. The topological polar surface area (TPSA) is 26.1 Å². The lowest BCUT2D eigenvalue weighted by molar-refractivity contribution is 0.669. The smallest absolute Gasteiger partial charge is 0.135 e. The first kappa shape index (κ1) is 43.7. The van der Waals surface area contributed by atoms with Crippen molar-refractivity contribution in [2.45, 2.75) is 25.3 Å². The highest BCUT2D eigenvalue weighted by atomic mass is 16.3. The molecule has 1 unspecified atom stereocenters. The fourth-order valence-electron chi connectivity index (χ4n) is 11.1. The Morgan fingerprint density at radius 1 is 0.356 bits per heavy atom. The molecule has 0 amide bonds. The van der Waals surface area contributed by atoms with E-state index in [1.165, 1.54) is 22.5 Å². The first-order valence-electron chi connectivity index (χ1n) is 25.3. The minimum Gasteiger partial charge on any atom is -0.456 e. The summed E-state index contributed by atoms with van der Waals surface area (Å²) in [5.74, 6) is 0. The van der Waals surface area contributed by atoms with E-state index in [-0.39, 0.29) is 6.04 Å². The number of para-hydroxylation sites is 5. The number of anilines is 11. The van der Waals surface area contributed by atoms with Crippen LogP contribution in [-0.4, -0.2) is 6.04 Å². The van der Waals surface area contributed by atoms with Crippen molar-refractivity contribution in [3.63, 3.8) is 0 Å². The molecule has 0 radical (unpaired) electrons. The molecule has 0 spiro atoms. The molecule has 1 aromatic heterocycles. The van der Waals surface area contributed by atoms with Gasteiger partial charge >= 0.3 is 0 Å². The molecule has 0 fully saturated rings. The van der Waals surface area contributed by atoms with Gasteiger partial charge in [-0.05, 0) is 146 Å². The standard InChI is InChI=1S/C68H52N4O/c1-7-23-49(24-8-1)69(50-25-9-2-10-26-50)63-41-43-65(59-37-21-19-35-57(59)63)71(53-31-15-5-16-32-53)55-39-45-67-61(47-55)62-48-56(40-46-68(62)73-67)72(54-33-17-6-18-34-54)66-44-42-64(58-36-20-22-38-60(58)66)70(51-27-11-3-12-28-51)52-29-13-4-14-30-52/h1-19,21-29,31-35,37-48,52H,20,30,36H2. The van der Waals surface area contributed by atoms with Crippen LogP contribution in [0.15, 0.2) is 271 Å². The lowest BCUT2D eigenvalue weighted by Crippen LogP contribution is -2.31. The largest absolute Gasteiger partial charge is 0.456 e. The Labute approximate surface area is 426 Å². The maximum Gasteiger partial charge on any atom is 0.135 e. The highest BCUT2D eigenvalue weighted by Gasteiger charge is 2.28. The molecule has 0 saturated heterocycles. The Balaban J connectivity index is 0.954. The lowest BCUT2D eigenvalue weighted by Gasteiger charge is -2.36. The molecule has 10 aromatic carbocycles. The number of furan rings is 1. The molecule has 0 bridgehead atoms. The summed E-state index contributed by atoms with van der Waals surface area (Å²) in [6.07, 6.45) is 16.5. The van der Waals surface area contributed by atoms with Crippen LogP contribution < -0.4 is 19.6 Å². The SMILES string of the molecule is C1=CCC(N(c2ccccc2)c2ccc(N(c3ccccc3)c3ccc4oc5ccc(N(c6ccccc6)c6ccc(N(c7ccccc7)c7ccccc7)c7ccccc67)cc5c4c3)c3c2CCC=C3)C=C1. The van der Waals surface area contributed by atoms with E-state index in [1.807, 2.05) is 0 Å². The third-order valence-corrected chi connectivity index (χ3v) is 14.3. The summed E-state index contributed by atoms with van der Waals surface area (Å²) in [6, 6.07) is 85.1. The monoisotopic (exact) mass is 940 g/mol. The number of rotatable bonds is 12. The fourth-order valence-corrected chi connectivity index (χ4v) is 11.1. The maximum absolute atomic E-state index is 6.70. The van der Waals surface area contributed by atoms with Crippen molar-refractivity contribution in [3.05, 3.63) is 278 Å². The summed E-state index contributed by atoms with van der Waals surface area (Å²) in [4.78, 5) is 9.70. The quantitative estimate of drug-likeness (QED) is 0.122. The summed E-state index contributed by atoms with van der Waals surface area (Å²) in [5.41, 5.74) is 16.5. The van der Waals surface area contributed by atoms with Crippen molar-refractivity contribution in [1.29, 1.82) is 0 Å². The molecule has 11 aromatic rings. The molecular formula is C68H52N4O. The van der Waals surface area contributed by atoms with E-state index in [1.54, 1.807) is 0 Å². The first-order chi connectivity index (χ1) is 36.2. The van der Waals surface area contributed by atoms with Gasteiger partial charge in [0.1, 0.15) is 11.2 Å². The van der Waals surface area contributed by atoms with Crippen molar-refractivity contribution in [1.82, 2.24) is 0 Å². The van der Waals surface area contributed by atoms with Crippen LogP contribution in [0.3, 0.4) is 0 Å². The van der Waals surface area contributed by atoms with E-state index in [0.29, 0.717) is 0 Å². The minimum absolute atomic E-state index is 0.209. The van der Waals surface area contributed by atoms with Crippen LogP contribution in [0.4, 0.5) is 62.6 Å². The zero-order valence-corrected chi connectivity index (χ0v) is 40.4. The van der Waals surface area contributed by atoms with Crippen LogP contribution in [0.1, 0.15) is 24.0 Å². The summed E-state index contributed by atoms with van der Waals surface area (Å²) in [6.45, 7) is 0. The Morgan fingerprint density at radius 2 is 0.795 bits per heavy atom. The normalized spacial score (nSPS) is 13.8. The van der Waals surface area contributed by atoms with Gasteiger partial charge in [-0.2, -0.15) is 0 Å². The predicted octanol–water partition coefficient (Wildman–Crippen LogP) is 19.1. The van der Waals surface area contributed by atoms with E-state index in [9.17, 15) is 0 Å². The van der Waals surface area contributed by atoms with Crippen LogP contribution in [-0.2, 0) is 6.42 Å². The van der Waals surface area contributed by atoms with Crippen LogP contribution in [0.2, 0.25) is 0 Å². The number of allylic oxidation sites excluding steroid dienone is 3. The van der Waals surface area contributed by atoms with Crippen molar-refractivity contribution < 1.29 is 4.42 Å². The Morgan fingerprint density at radius 3 is 1.29 bits per heavy atom. The molecule has 73 heavy (non-hydrogen) atoms. The van der Waals surface area contributed by atoms with Gasteiger partial charge in [-0.1, -0.05) is 152 Å². The summed E-state index contributed by atoms with van der Waals surface area (Å²) in [5, 5.41) is 4.39. The molecule has 2 aliphatic carbocycles. The minimum atomic E-state index is 0.209. The number of hydrogen-bond donors (Lipinski definition) is 0. The maximum atomic E-state index is 6.70. The summed E-state index contributed by atoms with van der Waals surface area (Å²) >= 11 is 0. The third-order valence-electron chi connectivity index (χ3n) is 14.3. The van der Waals surface area contributed by atoms with Crippen LogP contribution >= 0.6 is 0 Å². The average Bonchev–Trinajstić information content (AvgIpc) is 3.84. The van der Waals surface area contributed by atoms with Gasteiger partial charge in [-0.15, -0.1) is 0 Å². The molecule has 0 saturated carbocycles. The second-order valence-electron chi connectivity index (χ2n) is 18.7. The second kappa shape index (κ2) is 19.1. The fraction of sp³-hybridized carbons (Fsp3) is 0.0588. The number of fused-ring (bicyclic) bond motifs is 5. The number of hydrogen-bond acceptors (Lipinski definition) is 5. The molecule has 0 aliphatic heterocycles. The first-order valence-corrected chi connectivity index (χ1v) is 25.3. The second-order valence-corrected chi connectivity index (χ2v) is 18.7. The van der Waals surface area contributed by atoms with Crippen LogP contribution in [0.25, 0.3) is 38.8 Å². The van der Waals surface area contributed by atoms with E-state index in [4.69, 9.17) is 4.42 Å². The lowest BCUT2D eigenvalue weighted by atomic mass is 9.91. The van der Waals surface area contributed by atoms with Crippen LogP contribution in [0, 0.1) is 0 Å². The molecule has 5 nitrogen and oxygen atoms in total. The van der Waals surface area contributed by atoms with Crippen LogP contribution in [0.5, 0.6) is 0 Å². The number of benzene rings is 10. The highest BCUT2D eigenvalue weighted by Crippen LogP contribution is 2.49. The van der Waals surface area contributed by atoms with E-state index in [0.717, 1.165) is 103 Å². The molecule has 5 heteroatoms. The molecular weight excluding hydrogens is 889 g/mol. The van der Waals surface area contributed by atoms with Gasteiger partial charge in [-0.25, -0.2) is 0 Å². The molecule has 0 N–H and O–H groups in total. The van der Waals surface area contributed by atoms with Gasteiger partial charge in [0.2, 0.25) is 0 Å². The van der Waals surface area contributed by atoms with Crippen molar-refractivity contribution in [3.8, 4) is 0 Å². The highest BCUT2D eigenvalue weighted by molar-refractivity contribution is 6.11.